The summed E-state index contributed by atoms with van der Waals surface area (Å²) in [4.78, 5) is 8.73. The number of aryl methyl sites for hydroxylation is 2. The predicted octanol–water partition coefficient (Wildman–Crippen LogP) is 2.17. The molecule has 0 aliphatic heterocycles. The normalized spacial score (nSPS) is 12.8. The average Bonchev–Trinajstić information content (AvgIpc) is 2.27. The molecule has 0 bridgehead atoms. The van der Waals surface area contributed by atoms with Gasteiger partial charge in [0.05, 0.1) is 0 Å². The molecule has 0 spiro atoms. The first-order valence-corrected chi connectivity index (χ1v) is 6.28. The second kappa shape index (κ2) is 6.55. The highest BCUT2D eigenvalue weighted by Gasteiger charge is 2.13. The minimum absolute atomic E-state index is 0.195. The van der Waals surface area contributed by atoms with Gasteiger partial charge in [0.1, 0.15) is 11.6 Å². The van der Waals surface area contributed by atoms with Gasteiger partial charge in [-0.2, -0.15) is 0 Å². The summed E-state index contributed by atoms with van der Waals surface area (Å²) in [7, 11) is 0. The van der Waals surface area contributed by atoms with Crippen LogP contribution >= 0.6 is 0 Å². The Morgan fingerprint density at radius 1 is 1.35 bits per heavy atom. The van der Waals surface area contributed by atoms with Crippen LogP contribution in [0.25, 0.3) is 0 Å². The van der Waals surface area contributed by atoms with Crippen LogP contribution in [0.1, 0.15) is 38.7 Å². The van der Waals surface area contributed by atoms with Crippen LogP contribution < -0.4 is 5.32 Å². The summed E-state index contributed by atoms with van der Waals surface area (Å²) in [6.45, 7) is 8.46. The fourth-order valence-corrected chi connectivity index (χ4v) is 1.79. The monoisotopic (exact) mass is 237 g/mol. The molecule has 0 aliphatic rings. The van der Waals surface area contributed by atoms with E-state index in [0.717, 1.165) is 30.2 Å². The molecule has 96 valence electrons. The number of nitrogens with zero attached hydrogens (tertiary/aromatic N) is 2. The third-order valence-corrected chi connectivity index (χ3v) is 2.83. The fraction of sp³-hybridized carbons (Fsp3) is 0.692. The van der Waals surface area contributed by atoms with E-state index in [1.54, 1.807) is 0 Å². The smallest absolute Gasteiger partial charge is 0.130 e. The van der Waals surface area contributed by atoms with E-state index in [2.05, 4.69) is 36.1 Å². The molecule has 17 heavy (non-hydrogen) atoms. The van der Waals surface area contributed by atoms with Crippen molar-refractivity contribution in [2.24, 2.45) is 5.92 Å². The molecule has 2 N–H and O–H groups in total. The van der Waals surface area contributed by atoms with Gasteiger partial charge in [-0.05, 0) is 25.7 Å². The number of aliphatic hydroxyl groups excluding tert-OH is 1. The Morgan fingerprint density at radius 2 is 2.06 bits per heavy atom. The molecule has 1 atom stereocenters. The SMILES string of the molecule is CCc1cc(NC(CCO)C(C)C)nc(C)n1. The van der Waals surface area contributed by atoms with Crippen molar-refractivity contribution in [3.8, 4) is 0 Å². The summed E-state index contributed by atoms with van der Waals surface area (Å²) in [6, 6.07) is 2.23. The highest BCUT2D eigenvalue weighted by atomic mass is 16.3. The largest absolute Gasteiger partial charge is 0.396 e. The Hall–Kier alpha value is -1.16. The van der Waals surface area contributed by atoms with Crippen molar-refractivity contribution in [3.63, 3.8) is 0 Å². The maximum absolute atomic E-state index is 9.05. The third kappa shape index (κ3) is 4.30. The van der Waals surface area contributed by atoms with Gasteiger partial charge in [0.25, 0.3) is 0 Å². The lowest BCUT2D eigenvalue weighted by Crippen LogP contribution is -2.27. The van der Waals surface area contributed by atoms with Gasteiger partial charge in [-0.15, -0.1) is 0 Å². The second-order valence-corrected chi connectivity index (χ2v) is 4.65. The number of hydrogen-bond acceptors (Lipinski definition) is 4. The van der Waals surface area contributed by atoms with Gasteiger partial charge in [0.15, 0.2) is 0 Å². The zero-order valence-corrected chi connectivity index (χ0v) is 11.2. The van der Waals surface area contributed by atoms with Gasteiger partial charge in [-0.1, -0.05) is 20.8 Å². The van der Waals surface area contributed by atoms with Crippen LogP contribution in [0.4, 0.5) is 5.82 Å². The number of aliphatic hydroxyl groups is 1. The minimum atomic E-state index is 0.195. The number of nitrogens with one attached hydrogen (secondary N) is 1. The zero-order chi connectivity index (χ0) is 12.8. The summed E-state index contributed by atoms with van der Waals surface area (Å²) in [6.07, 6.45) is 1.65. The molecule has 1 rings (SSSR count). The van der Waals surface area contributed by atoms with Crippen LogP contribution in [0.15, 0.2) is 6.07 Å². The quantitative estimate of drug-likeness (QED) is 0.796. The van der Waals surface area contributed by atoms with E-state index in [1.807, 2.05) is 13.0 Å². The van der Waals surface area contributed by atoms with E-state index in [0.29, 0.717) is 5.92 Å². The summed E-state index contributed by atoms with van der Waals surface area (Å²) in [5.41, 5.74) is 1.05. The summed E-state index contributed by atoms with van der Waals surface area (Å²) < 4.78 is 0. The van der Waals surface area contributed by atoms with Crippen molar-refractivity contribution in [3.05, 3.63) is 17.6 Å². The Kier molecular flexibility index (Phi) is 5.35. The van der Waals surface area contributed by atoms with E-state index in [9.17, 15) is 0 Å². The molecule has 1 unspecified atom stereocenters. The molecule has 1 aromatic heterocycles. The lowest BCUT2D eigenvalue weighted by atomic mass is 10.0. The van der Waals surface area contributed by atoms with Crippen molar-refractivity contribution in [1.82, 2.24) is 9.97 Å². The van der Waals surface area contributed by atoms with E-state index >= 15 is 0 Å². The van der Waals surface area contributed by atoms with Crippen molar-refractivity contribution in [1.29, 1.82) is 0 Å². The van der Waals surface area contributed by atoms with Crippen LogP contribution in [0.2, 0.25) is 0 Å². The molecule has 0 saturated heterocycles. The molecule has 0 aromatic carbocycles. The molecular weight excluding hydrogens is 214 g/mol. The number of rotatable bonds is 6. The Bertz CT molecular complexity index is 353. The van der Waals surface area contributed by atoms with Gasteiger partial charge >= 0.3 is 0 Å². The summed E-state index contributed by atoms with van der Waals surface area (Å²) in [5, 5.41) is 12.4. The average molecular weight is 237 g/mol. The van der Waals surface area contributed by atoms with Crippen molar-refractivity contribution in [2.75, 3.05) is 11.9 Å². The molecule has 1 heterocycles. The number of anilines is 1. The van der Waals surface area contributed by atoms with E-state index in [-0.39, 0.29) is 12.6 Å². The van der Waals surface area contributed by atoms with Crippen LogP contribution in [0, 0.1) is 12.8 Å². The second-order valence-electron chi connectivity index (χ2n) is 4.65. The molecule has 1 aromatic rings. The first-order chi connectivity index (χ1) is 8.06. The molecular formula is C13H23N3O. The van der Waals surface area contributed by atoms with Gasteiger partial charge in [0, 0.05) is 24.4 Å². The highest BCUT2D eigenvalue weighted by Crippen LogP contribution is 2.14. The van der Waals surface area contributed by atoms with E-state index < -0.39 is 0 Å². The van der Waals surface area contributed by atoms with Crippen LogP contribution in [-0.2, 0) is 6.42 Å². The molecule has 0 saturated carbocycles. The predicted molar refractivity (Wildman–Crippen MR) is 70.1 cm³/mol. The van der Waals surface area contributed by atoms with Crippen molar-refractivity contribution in [2.45, 2.75) is 46.6 Å². The molecule has 0 fully saturated rings. The molecule has 0 radical (unpaired) electrons. The maximum Gasteiger partial charge on any atom is 0.130 e. The molecule has 4 heteroatoms. The number of aromatic nitrogens is 2. The van der Waals surface area contributed by atoms with Crippen LogP contribution in [0.5, 0.6) is 0 Å². The molecule has 0 aliphatic carbocycles. The zero-order valence-electron chi connectivity index (χ0n) is 11.2. The van der Waals surface area contributed by atoms with E-state index in [4.69, 9.17) is 5.11 Å². The van der Waals surface area contributed by atoms with Gasteiger partial charge in [-0.3, -0.25) is 0 Å². The topological polar surface area (TPSA) is 58.0 Å². The van der Waals surface area contributed by atoms with Gasteiger partial charge in [-0.25, -0.2) is 9.97 Å². The lowest BCUT2D eigenvalue weighted by Gasteiger charge is -2.22. The Morgan fingerprint density at radius 3 is 2.59 bits per heavy atom. The summed E-state index contributed by atoms with van der Waals surface area (Å²) >= 11 is 0. The number of hydrogen-bond donors (Lipinski definition) is 2. The molecule has 4 nitrogen and oxygen atoms in total. The highest BCUT2D eigenvalue weighted by molar-refractivity contribution is 5.37. The first-order valence-electron chi connectivity index (χ1n) is 6.28. The summed E-state index contributed by atoms with van der Waals surface area (Å²) in [5.74, 6) is 2.11. The molecule has 0 amide bonds. The van der Waals surface area contributed by atoms with Crippen molar-refractivity contribution < 1.29 is 5.11 Å². The Balaban J connectivity index is 2.81. The van der Waals surface area contributed by atoms with Crippen molar-refractivity contribution >= 4 is 5.82 Å². The minimum Gasteiger partial charge on any atom is -0.396 e. The van der Waals surface area contributed by atoms with Crippen LogP contribution in [0.3, 0.4) is 0 Å². The fourth-order valence-electron chi connectivity index (χ4n) is 1.79. The van der Waals surface area contributed by atoms with Gasteiger partial charge in [0.2, 0.25) is 0 Å². The van der Waals surface area contributed by atoms with Gasteiger partial charge < -0.3 is 10.4 Å². The maximum atomic E-state index is 9.05. The third-order valence-electron chi connectivity index (χ3n) is 2.83. The Labute approximate surface area is 103 Å². The van der Waals surface area contributed by atoms with E-state index in [1.165, 1.54) is 0 Å². The first kappa shape index (κ1) is 13.9. The van der Waals surface area contributed by atoms with Crippen LogP contribution in [-0.4, -0.2) is 27.7 Å². The lowest BCUT2D eigenvalue weighted by molar-refractivity contribution is 0.267. The standard InChI is InChI=1S/C13H23N3O/c1-5-11-8-13(15-10(4)14-11)16-12(6-7-17)9(2)3/h8-9,12,17H,5-7H2,1-4H3,(H,14,15,16).